The molecular weight excluding hydrogens is 318 g/mol. The fourth-order valence-electron chi connectivity index (χ4n) is 1.83. The summed E-state index contributed by atoms with van der Waals surface area (Å²) in [6.07, 6.45) is 1.05. The first-order valence-electron chi connectivity index (χ1n) is 7.48. The fraction of sp³-hybridized carbons (Fsp3) is 0.438. The summed E-state index contributed by atoms with van der Waals surface area (Å²) in [5.41, 5.74) is 0.572. The van der Waals surface area contributed by atoms with Gasteiger partial charge in [-0.05, 0) is 24.6 Å². The van der Waals surface area contributed by atoms with Crippen LogP contribution < -0.4 is 10.6 Å². The smallest absolute Gasteiger partial charge is 0.243 e. The lowest BCUT2D eigenvalue weighted by Crippen LogP contribution is -2.35. The molecule has 0 spiro atoms. The van der Waals surface area contributed by atoms with Gasteiger partial charge in [0.15, 0.2) is 0 Å². The van der Waals surface area contributed by atoms with Crippen molar-refractivity contribution in [2.45, 2.75) is 26.2 Å². The zero-order valence-corrected chi connectivity index (χ0v) is 14.2. The van der Waals surface area contributed by atoms with E-state index in [0.717, 1.165) is 6.42 Å². The van der Waals surface area contributed by atoms with Crippen molar-refractivity contribution < 1.29 is 14.4 Å². The van der Waals surface area contributed by atoms with E-state index in [1.807, 2.05) is 6.92 Å². The molecule has 1 rings (SSSR count). The summed E-state index contributed by atoms with van der Waals surface area (Å²) in [4.78, 5) is 36.5. The number of hydrogen-bond acceptors (Lipinski definition) is 3. The van der Waals surface area contributed by atoms with Crippen LogP contribution in [0.1, 0.15) is 26.2 Å². The largest absolute Gasteiger partial charge is 0.356 e. The maximum Gasteiger partial charge on any atom is 0.243 e. The number of likely N-dealkylation sites (N-methyl/N-ethyl adjacent to an activating group) is 1. The molecule has 0 atom stereocenters. The monoisotopic (exact) mass is 339 g/mol. The highest BCUT2D eigenvalue weighted by Gasteiger charge is 2.14. The molecule has 1 aromatic carbocycles. The number of benzene rings is 1. The van der Waals surface area contributed by atoms with Crippen molar-refractivity contribution in [3.05, 3.63) is 29.3 Å². The van der Waals surface area contributed by atoms with Crippen LogP contribution in [0.25, 0.3) is 0 Å². The average Bonchev–Trinajstić information content (AvgIpc) is 2.50. The second-order valence-electron chi connectivity index (χ2n) is 5.16. The van der Waals surface area contributed by atoms with E-state index in [9.17, 15) is 14.4 Å². The molecule has 0 bridgehead atoms. The van der Waals surface area contributed by atoms with Gasteiger partial charge in [0.2, 0.25) is 17.7 Å². The van der Waals surface area contributed by atoms with E-state index in [4.69, 9.17) is 11.6 Å². The van der Waals surface area contributed by atoms with Crippen molar-refractivity contribution >= 4 is 35.0 Å². The third-order valence-electron chi connectivity index (χ3n) is 3.05. The lowest BCUT2D eigenvalue weighted by molar-refractivity contribution is -0.134. The first-order valence-corrected chi connectivity index (χ1v) is 7.86. The van der Waals surface area contributed by atoms with Crippen molar-refractivity contribution in [1.29, 1.82) is 0 Å². The van der Waals surface area contributed by atoms with Gasteiger partial charge >= 0.3 is 0 Å². The van der Waals surface area contributed by atoms with Crippen LogP contribution in [-0.4, -0.2) is 42.8 Å². The van der Waals surface area contributed by atoms with Crippen LogP contribution in [0.3, 0.4) is 0 Å². The van der Waals surface area contributed by atoms with E-state index in [2.05, 4.69) is 10.6 Å². The topological polar surface area (TPSA) is 78.5 Å². The molecule has 23 heavy (non-hydrogen) atoms. The first kappa shape index (κ1) is 19.0. The van der Waals surface area contributed by atoms with Crippen LogP contribution in [-0.2, 0) is 14.4 Å². The second-order valence-corrected chi connectivity index (χ2v) is 5.59. The van der Waals surface area contributed by atoms with E-state index in [1.165, 1.54) is 11.9 Å². The summed E-state index contributed by atoms with van der Waals surface area (Å²) >= 11 is 5.84. The second kappa shape index (κ2) is 9.84. The molecule has 7 heteroatoms. The van der Waals surface area contributed by atoms with E-state index in [-0.39, 0.29) is 37.1 Å². The normalized spacial score (nSPS) is 10.0. The van der Waals surface area contributed by atoms with Gasteiger partial charge in [-0.3, -0.25) is 14.4 Å². The van der Waals surface area contributed by atoms with Crippen molar-refractivity contribution in [2.75, 3.05) is 25.5 Å². The molecule has 0 saturated heterocycles. The molecule has 126 valence electrons. The van der Waals surface area contributed by atoms with E-state index >= 15 is 0 Å². The molecule has 6 nitrogen and oxygen atoms in total. The molecular formula is C16H22ClN3O3. The highest BCUT2D eigenvalue weighted by atomic mass is 35.5. The molecule has 0 aromatic heterocycles. The Labute approximate surface area is 141 Å². The number of hydrogen-bond donors (Lipinski definition) is 2. The Morgan fingerprint density at radius 1 is 1.17 bits per heavy atom. The highest BCUT2D eigenvalue weighted by Crippen LogP contribution is 2.14. The number of amides is 3. The van der Waals surface area contributed by atoms with Gasteiger partial charge in [0.05, 0.1) is 6.54 Å². The molecule has 0 aliphatic rings. The zero-order valence-electron chi connectivity index (χ0n) is 13.4. The SMILES string of the molecule is CCCNC(=O)CCC(=O)N(C)CC(=O)Nc1cccc(Cl)c1. The molecule has 1 aromatic rings. The molecule has 0 heterocycles. The van der Waals surface area contributed by atoms with Gasteiger partial charge in [0.1, 0.15) is 0 Å². The van der Waals surface area contributed by atoms with Gasteiger partial charge < -0.3 is 15.5 Å². The Morgan fingerprint density at radius 3 is 2.57 bits per heavy atom. The van der Waals surface area contributed by atoms with Crippen LogP contribution in [0.4, 0.5) is 5.69 Å². The maximum absolute atomic E-state index is 11.9. The van der Waals surface area contributed by atoms with E-state index in [0.29, 0.717) is 17.3 Å². The number of nitrogens with zero attached hydrogens (tertiary/aromatic N) is 1. The summed E-state index contributed by atoms with van der Waals surface area (Å²) in [6.45, 7) is 2.48. The summed E-state index contributed by atoms with van der Waals surface area (Å²) in [7, 11) is 1.53. The van der Waals surface area contributed by atoms with Crippen LogP contribution in [0.5, 0.6) is 0 Å². The summed E-state index contributed by atoms with van der Waals surface area (Å²) < 4.78 is 0. The molecule has 0 aliphatic heterocycles. The van der Waals surface area contributed by atoms with Gasteiger partial charge in [-0.15, -0.1) is 0 Å². The van der Waals surface area contributed by atoms with Gasteiger partial charge in [-0.1, -0.05) is 24.6 Å². The van der Waals surface area contributed by atoms with Gasteiger partial charge in [-0.2, -0.15) is 0 Å². The van der Waals surface area contributed by atoms with Crippen molar-refractivity contribution in [3.8, 4) is 0 Å². The summed E-state index contributed by atoms with van der Waals surface area (Å²) in [5, 5.41) is 5.89. The van der Waals surface area contributed by atoms with Crippen LogP contribution in [0, 0.1) is 0 Å². The Morgan fingerprint density at radius 2 is 1.91 bits per heavy atom. The fourth-order valence-corrected chi connectivity index (χ4v) is 2.02. The third kappa shape index (κ3) is 7.65. The van der Waals surface area contributed by atoms with Crippen LogP contribution >= 0.6 is 11.6 Å². The Balaban J connectivity index is 2.36. The maximum atomic E-state index is 11.9. The molecule has 3 amide bonds. The third-order valence-corrected chi connectivity index (χ3v) is 3.29. The first-order chi connectivity index (χ1) is 10.9. The summed E-state index contributed by atoms with van der Waals surface area (Å²) in [5.74, 6) is -0.728. The minimum atomic E-state index is -0.321. The Bertz CT molecular complexity index is 563. The molecule has 0 saturated carbocycles. The van der Waals surface area contributed by atoms with Crippen molar-refractivity contribution in [1.82, 2.24) is 10.2 Å². The number of rotatable bonds is 8. The molecule has 0 unspecified atom stereocenters. The van der Waals surface area contributed by atoms with Crippen LogP contribution in [0.15, 0.2) is 24.3 Å². The quantitative estimate of drug-likeness (QED) is 0.760. The average molecular weight is 340 g/mol. The minimum absolute atomic E-state index is 0.0799. The molecule has 2 N–H and O–H groups in total. The standard InChI is InChI=1S/C16H22ClN3O3/c1-3-9-18-14(21)7-8-16(23)20(2)11-15(22)19-13-6-4-5-12(17)10-13/h4-6,10H,3,7-9,11H2,1-2H3,(H,18,21)(H,19,22). The lowest BCUT2D eigenvalue weighted by atomic mass is 10.2. The molecule has 0 radical (unpaired) electrons. The van der Waals surface area contributed by atoms with E-state index in [1.54, 1.807) is 24.3 Å². The number of carbonyl (C=O) groups excluding carboxylic acids is 3. The number of carbonyl (C=O) groups is 3. The Hall–Kier alpha value is -2.08. The molecule has 0 aliphatic carbocycles. The number of halogens is 1. The Kier molecular flexibility index (Phi) is 8.11. The number of nitrogens with one attached hydrogen (secondary N) is 2. The van der Waals surface area contributed by atoms with Gasteiger partial charge in [-0.25, -0.2) is 0 Å². The van der Waals surface area contributed by atoms with E-state index < -0.39 is 0 Å². The predicted molar refractivity (Wildman–Crippen MR) is 90.3 cm³/mol. The zero-order chi connectivity index (χ0) is 17.2. The lowest BCUT2D eigenvalue weighted by Gasteiger charge is -2.16. The number of anilines is 1. The molecule has 0 fully saturated rings. The predicted octanol–water partition coefficient (Wildman–Crippen LogP) is 2.04. The van der Waals surface area contributed by atoms with Gasteiger partial charge in [0, 0.05) is 37.1 Å². The minimum Gasteiger partial charge on any atom is -0.356 e. The van der Waals surface area contributed by atoms with Crippen LogP contribution in [0.2, 0.25) is 5.02 Å². The van der Waals surface area contributed by atoms with Crippen molar-refractivity contribution in [3.63, 3.8) is 0 Å². The van der Waals surface area contributed by atoms with Crippen molar-refractivity contribution in [2.24, 2.45) is 0 Å². The highest BCUT2D eigenvalue weighted by molar-refractivity contribution is 6.30. The summed E-state index contributed by atoms with van der Waals surface area (Å²) in [6, 6.07) is 6.77. The van der Waals surface area contributed by atoms with Gasteiger partial charge in [0.25, 0.3) is 0 Å².